The summed E-state index contributed by atoms with van der Waals surface area (Å²) in [5, 5.41) is 20.6. The van der Waals surface area contributed by atoms with Crippen LogP contribution >= 0.6 is 11.6 Å². The van der Waals surface area contributed by atoms with Crippen LogP contribution in [0.15, 0.2) is 24.3 Å². The van der Waals surface area contributed by atoms with Gasteiger partial charge in [-0.15, -0.1) is 5.10 Å². The van der Waals surface area contributed by atoms with Gasteiger partial charge in [-0.25, -0.2) is 4.79 Å². The van der Waals surface area contributed by atoms with E-state index >= 15 is 0 Å². The molecule has 9 heteroatoms. The molecule has 1 atom stereocenters. The molecule has 1 aromatic carbocycles. The summed E-state index contributed by atoms with van der Waals surface area (Å²) in [6, 6.07) is 8.89. The Labute approximate surface area is 162 Å². The van der Waals surface area contributed by atoms with E-state index in [1.165, 1.54) is 4.80 Å². The molecule has 0 radical (unpaired) electrons. The Morgan fingerprint density at radius 2 is 2.11 bits per heavy atom. The Balaban J connectivity index is 2.05. The topological polar surface area (TPSA) is 110 Å². The summed E-state index contributed by atoms with van der Waals surface area (Å²) in [6.07, 6.45) is 0. The van der Waals surface area contributed by atoms with Gasteiger partial charge in [0.15, 0.2) is 12.3 Å². The largest absolute Gasteiger partial charge is 0.451 e. The molecule has 0 unspecified atom stereocenters. The van der Waals surface area contributed by atoms with E-state index in [0.29, 0.717) is 16.4 Å². The quantitative estimate of drug-likeness (QED) is 0.760. The van der Waals surface area contributed by atoms with Crippen LogP contribution in [0, 0.1) is 24.2 Å². The first-order valence-electron chi connectivity index (χ1n) is 8.25. The molecule has 0 aliphatic heterocycles. The van der Waals surface area contributed by atoms with Gasteiger partial charge < -0.3 is 10.1 Å². The lowest BCUT2D eigenvalue weighted by molar-refractivity contribution is -0.125. The number of hydrogen-bond acceptors (Lipinski definition) is 6. The zero-order valence-corrected chi connectivity index (χ0v) is 16.2. The van der Waals surface area contributed by atoms with Crippen LogP contribution in [-0.4, -0.2) is 39.0 Å². The highest BCUT2D eigenvalue weighted by molar-refractivity contribution is 6.30. The van der Waals surface area contributed by atoms with Crippen LogP contribution in [0.3, 0.4) is 0 Å². The lowest BCUT2D eigenvalue weighted by Crippen LogP contribution is -2.50. The fourth-order valence-corrected chi connectivity index (χ4v) is 2.29. The molecule has 1 amide bonds. The normalized spacial score (nSPS) is 12.9. The molecule has 0 aliphatic rings. The number of carbonyl (C=O) groups excluding carboxylic acids is 2. The van der Waals surface area contributed by atoms with Crippen LogP contribution in [-0.2, 0) is 9.53 Å². The van der Waals surface area contributed by atoms with Crippen molar-refractivity contribution in [2.24, 2.45) is 5.92 Å². The molecule has 0 spiro atoms. The van der Waals surface area contributed by atoms with E-state index in [0.717, 1.165) is 0 Å². The minimum atomic E-state index is -1.05. The molecule has 0 saturated heterocycles. The molecule has 27 heavy (non-hydrogen) atoms. The summed E-state index contributed by atoms with van der Waals surface area (Å²) >= 11 is 5.95. The van der Waals surface area contributed by atoms with E-state index in [4.69, 9.17) is 16.3 Å². The summed E-state index contributed by atoms with van der Waals surface area (Å²) in [6.45, 7) is 6.32. The first kappa shape index (κ1) is 20.4. The fourth-order valence-electron chi connectivity index (χ4n) is 2.11. The second-order valence-electron chi connectivity index (χ2n) is 6.50. The minimum absolute atomic E-state index is 0.00493. The number of ether oxygens (including phenoxy) is 1. The molecule has 0 fully saturated rings. The van der Waals surface area contributed by atoms with Crippen molar-refractivity contribution in [2.75, 3.05) is 6.61 Å². The molecule has 1 N–H and O–H groups in total. The Kier molecular flexibility index (Phi) is 6.18. The third-order valence-corrected chi connectivity index (χ3v) is 4.37. The van der Waals surface area contributed by atoms with Crippen LogP contribution in [0.5, 0.6) is 0 Å². The van der Waals surface area contributed by atoms with Gasteiger partial charge in [0.1, 0.15) is 5.54 Å². The molecule has 2 aromatic rings. The lowest BCUT2D eigenvalue weighted by Gasteiger charge is -2.27. The van der Waals surface area contributed by atoms with Crippen molar-refractivity contribution in [1.82, 2.24) is 20.3 Å². The summed E-state index contributed by atoms with van der Waals surface area (Å²) in [4.78, 5) is 25.5. The minimum Gasteiger partial charge on any atom is -0.451 e. The summed E-state index contributed by atoms with van der Waals surface area (Å²) in [5.74, 6) is -1.46. The van der Waals surface area contributed by atoms with Crippen molar-refractivity contribution < 1.29 is 14.3 Å². The van der Waals surface area contributed by atoms with Gasteiger partial charge in [0.2, 0.25) is 0 Å². The van der Waals surface area contributed by atoms with E-state index < -0.39 is 24.0 Å². The summed E-state index contributed by atoms with van der Waals surface area (Å²) in [5.41, 5.74) is -0.113. The van der Waals surface area contributed by atoms with Gasteiger partial charge in [0.05, 0.1) is 17.5 Å². The molecule has 0 saturated carbocycles. The fraction of sp³-hybridized carbons (Fsp3) is 0.389. The highest BCUT2D eigenvalue weighted by atomic mass is 35.5. The van der Waals surface area contributed by atoms with Crippen LogP contribution in [0.2, 0.25) is 5.02 Å². The average molecular weight is 390 g/mol. The van der Waals surface area contributed by atoms with Crippen molar-refractivity contribution in [3.63, 3.8) is 0 Å². The summed E-state index contributed by atoms with van der Waals surface area (Å²) < 4.78 is 5.01. The van der Waals surface area contributed by atoms with Gasteiger partial charge >= 0.3 is 5.97 Å². The number of nitrogens with zero attached hydrogens (tertiary/aromatic N) is 4. The van der Waals surface area contributed by atoms with E-state index in [1.54, 1.807) is 38.1 Å². The van der Waals surface area contributed by atoms with Gasteiger partial charge in [-0.3, -0.25) is 4.79 Å². The number of amides is 1. The molecule has 142 valence electrons. The number of nitrogens with one attached hydrogen (secondary N) is 1. The van der Waals surface area contributed by atoms with Gasteiger partial charge in [-0.2, -0.15) is 15.2 Å². The van der Waals surface area contributed by atoms with Gasteiger partial charge in [0.25, 0.3) is 5.91 Å². The van der Waals surface area contributed by atoms with E-state index in [9.17, 15) is 14.9 Å². The maximum atomic E-state index is 12.2. The number of aromatic nitrogens is 3. The highest BCUT2D eigenvalue weighted by Crippen LogP contribution is 2.16. The maximum Gasteiger partial charge on any atom is 0.361 e. The van der Waals surface area contributed by atoms with Crippen LogP contribution in [0.4, 0.5) is 0 Å². The molecule has 1 aromatic heterocycles. The number of benzene rings is 1. The average Bonchev–Trinajstić information content (AvgIpc) is 3.01. The molecule has 8 nitrogen and oxygen atoms in total. The molecule has 1 heterocycles. The third kappa shape index (κ3) is 4.83. The number of hydrogen-bond donors (Lipinski definition) is 1. The lowest BCUT2D eigenvalue weighted by atomic mass is 9.90. The first-order chi connectivity index (χ1) is 12.7. The van der Waals surface area contributed by atoms with Crippen molar-refractivity contribution in [3.05, 3.63) is 40.7 Å². The molecule has 0 aliphatic carbocycles. The predicted molar refractivity (Wildman–Crippen MR) is 98.4 cm³/mol. The molecular formula is C18H20ClN5O3. The predicted octanol–water partition coefficient (Wildman–Crippen LogP) is 2.44. The zero-order valence-electron chi connectivity index (χ0n) is 15.5. The van der Waals surface area contributed by atoms with Crippen molar-refractivity contribution in [1.29, 1.82) is 5.26 Å². The van der Waals surface area contributed by atoms with Gasteiger partial charge in [-0.05, 0) is 38.0 Å². The highest BCUT2D eigenvalue weighted by Gasteiger charge is 2.30. The van der Waals surface area contributed by atoms with Gasteiger partial charge in [-0.1, -0.05) is 31.5 Å². The van der Waals surface area contributed by atoms with Crippen molar-refractivity contribution in [2.45, 2.75) is 33.2 Å². The number of nitriles is 1. The van der Waals surface area contributed by atoms with E-state index in [1.807, 2.05) is 13.8 Å². The number of carbonyl (C=O) groups is 2. The van der Waals surface area contributed by atoms with E-state index in [-0.39, 0.29) is 11.6 Å². The van der Waals surface area contributed by atoms with Crippen LogP contribution < -0.4 is 5.32 Å². The number of aryl methyl sites for hydroxylation is 1. The summed E-state index contributed by atoms with van der Waals surface area (Å²) in [7, 11) is 0. The first-order valence-corrected chi connectivity index (χ1v) is 8.63. The van der Waals surface area contributed by atoms with Crippen LogP contribution in [0.1, 0.15) is 37.0 Å². The Morgan fingerprint density at radius 3 is 2.70 bits per heavy atom. The van der Waals surface area contributed by atoms with Crippen LogP contribution in [0.25, 0.3) is 5.69 Å². The number of halogens is 1. The Morgan fingerprint density at radius 1 is 1.41 bits per heavy atom. The van der Waals surface area contributed by atoms with E-state index in [2.05, 4.69) is 21.6 Å². The van der Waals surface area contributed by atoms with Crippen molar-refractivity contribution >= 4 is 23.5 Å². The smallest absolute Gasteiger partial charge is 0.361 e. The second-order valence-corrected chi connectivity index (χ2v) is 6.93. The third-order valence-electron chi connectivity index (χ3n) is 4.14. The maximum absolute atomic E-state index is 12.2. The zero-order chi connectivity index (χ0) is 20.2. The molecule has 0 bridgehead atoms. The SMILES string of the molecule is Cc1nn(-c2cccc(Cl)c2)nc1C(=O)OCC(=O)N[C@@](C)(C#N)C(C)C. The second kappa shape index (κ2) is 8.18. The number of rotatable bonds is 6. The van der Waals surface area contributed by atoms with Crippen molar-refractivity contribution in [3.8, 4) is 11.8 Å². The monoisotopic (exact) mass is 389 g/mol. The van der Waals surface area contributed by atoms with Gasteiger partial charge in [0, 0.05) is 5.02 Å². The standard InChI is InChI=1S/C18H20ClN5O3/c1-11(2)18(4,10-20)21-15(25)9-27-17(26)16-12(3)22-24(23-16)14-7-5-6-13(19)8-14/h5-8,11H,9H2,1-4H3,(H,21,25)/t18-/m0/s1. The Bertz CT molecular complexity index is 903. The molecule has 2 rings (SSSR count). The Hall–Kier alpha value is -2.92. The number of esters is 1. The molecular weight excluding hydrogens is 370 g/mol.